The van der Waals surface area contributed by atoms with Gasteiger partial charge in [0.25, 0.3) is 5.91 Å². The van der Waals surface area contributed by atoms with Gasteiger partial charge >= 0.3 is 0 Å². The van der Waals surface area contributed by atoms with Crippen molar-refractivity contribution in [3.05, 3.63) is 59.0 Å². The largest absolute Gasteiger partial charge is 0.493 e. The number of rotatable bonds is 5. The number of nitrogens with zero attached hydrogens (tertiary/aromatic N) is 2. The summed E-state index contributed by atoms with van der Waals surface area (Å²) in [7, 11) is 0. The van der Waals surface area contributed by atoms with Crippen molar-refractivity contribution in [2.24, 2.45) is 0 Å². The van der Waals surface area contributed by atoms with Gasteiger partial charge < -0.3 is 9.64 Å². The zero-order chi connectivity index (χ0) is 21.3. The van der Waals surface area contributed by atoms with Crippen molar-refractivity contribution in [2.45, 2.75) is 33.2 Å². The van der Waals surface area contributed by atoms with E-state index in [4.69, 9.17) is 4.74 Å². The average molecular weight is 422 g/mol. The number of carbonyl (C=O) groups is 2. The predicted molar refractivity (Wildman–Crippen MR) is 119 cm³/mol. The molecule has 6 nitrogen and oxygen atoms in total. The molecule has 1 aliphatic heterocycles. The van der Waals surface area contributed by atoms with Gasteiger partial charge in [-0.05, 0) is 50.1 Å². The summed E-state index contributed by atoms with van der Waals surface area (Å²) in [5, 5.41) is 5.32. The molecule has 1 aromatic heterocycles. The van der Waals surface area contributed by atoms with Gasteiger partial charge in [-0.1, -0.05) is 18.2 Å². The Morgan fingerprint density at radius 1 is 1.27 bits per heavy atom. The van der Waals surface area contributed by atoms with Crippen LogP contribution in [0.15, 0.2) is 47.8 Å². The van der Waals surface area contributed by atoms with Crippen molar-refractivity contribution in [2.75, 3.05) is 16.8 Å². The van der Waals surface area contributed by atoms with Gasteiger partial charge in [-0.25, -0.2) is 4.98 Å². The van der Waals surface area contributed by atoms with E-state index >= 15 is 0 Å². The normalized spacial score (nSPS) is 15.0. The smallest absolute Gasteiger partial charge is 0.261 e. The third kappa shape index (κ3) is 3.80. The molecule has 2 amide bonds. The number of benzene rings is 2. The topological polar surface area (TPSA) is 71.5 Å². The summed E-state index contributed by atoms with van der Waals surface area (Å²) >= 11 is 1.38. The van der Waals surface area contributed by atoms with Crippen molar-refractivity contribution in [1.82, 2.24) is 4.98 Å². The van der Waals surface area contributed by atoms with Crippen LogP contribution >= 0.6 is 11.3 Å². The zero-order valence-corrected chi connectivity index (χ0v) is 18.0. The Morgan fingerprint density at radius 2 is 2.07 bits per heavy atom. The maximum atomic E-state index is 12.7. The summed E-state index contributed by atoms with van der Waals surface area (Å²) < 4.78 is 5.54. The number of nitrogens with one attached hydrogen (secondary N) is 1. The lowest BCUT2D eigenvalue weighted by atomic mass is 10.1. The lowest BCUT2D eigenvalue weighted by Crippen LogP contribution is -2.33. The number of ether oxygens (including phenoxy) is 1. The summed E-state index contributed by atoms with van der Waals surface area (Å²) in [5.74, 6) is 0.358. The molecule has 1 aliphatic rings. The van der Waals surface area contributed by atoms with Crippen LogP contribution in [-0.2, 0) is 11.2 Å². The Hall–Kier alpha value is -3.19. The number of hydrogen-bond acceptors (Lipinski definition) is 5. The fraction of sp³-hybridized carbons (Fsp3) is 0.261. The standard InChI is InChI=1S/C23H23N3O3S/c1-4-29-21-8-6-5-7-18(21)22(28)25-23-24-19(13-30-23)16-9-10-20-17(12-16)11-14(2)26(20)15(3)27/h5-10,12-14H,4,11H2,1-3H3,(H,24,25,28). The minimum absolute atomic E-state index is 0.0555. The minimum atomic E-state index is -0.250. The number of para-hydroxylation sites is 1. The van der Waals surface area contributed by atoms with E-state index in [1.807, 2.05) is 35.4 Å². The van der Waals surface area contributed by atoms with Crippen LogP contribution in [0.3, 0.4) is 0 Å². The van der Waals surface area contributed by atoms with Crippen molar-refractivity contribution >= 4 is 34.0 Å². The molecule has 7 heteroatoms. The van der Waals surface area contributed by atoms with Crippen LogP contribution in [0.2, 0.25) is 0 Å². The van der Waals surface area contributed by atoms with Crippen LogP contribution in [-0.4, -0.2) is 29.4 Å². The molecule has 0 saturated carbocycles. The van der Waals surface area contributed by atoms with Gasteiger partial charge in [-0.15, -0.1) is 11.3 Å². The maximum absolute atomic E-state index is 12.7. The number of aromatic nitrogens is 1. The lowest BCUT2D eigenvalue weighted by molar-refractivity contribution is -0.116. The Morgan fingerprint density at radius 3 is 2.83 bits per heavy atom. The molecule has 1 unspecified atom stereocenters. The molecule has 3 aromatic rings. The number of thiazole rings is 1. The van der Waals surface area contributed by atoms with Crippen molar-refractivity contribution < 1.29 is 14.3 Å². The number of amides is 2. The van der Waals surface area contributed by atoms with E-state index in [0.717, 1.165) is 28.9 Å². The summed E-state index contributed by atoms with van der Waals surface area (Å²) in [6.45, 7) is 6.02. The predicted octanol–water partition coefficient (Wildman–Crippen LogP) is 4.76. The van der Waals surface area contributed by atoms with Crippen molar-refractivity contribution in [3.8, 4) is 17.0 Å². The van der Waals surface area contributed by atoms with Crippen molar-refractivity contribution in [3.63, 3.8) is 0 Å². The molecule has 0 spiro atoms. The molecule has 154 valence electrons. The number of fused-ring (bicyclic) bond motifs is 1. The van der Waals surface area contributed by atoms with E-state index in [2.05, 4.69) is 23.3 Å². The molecule has 0 aliphatic carbocycles. The van der Waals surface area contributed by atoms with Gasteiger partial charge in [0.15, 0.2) is 5.13 Å². The fourth-order valence-electron chi connectivity index (χ4n) is 3.83. The van der Waals surface area contributed by atoms with Gasteiger partial charge in [0.1, 0.15) is 5.75 Å². The Bertz CT molecular complexity index is 1110. The first kappa shape index (κ1) is 20.1. The summed E-state index contributed by atoms with van der Waals surface area (Å²) in [5.41, 5.74) is 4.35. The molecule has 2 heterocycles. The first-order chi connectivity index (χ1) is 14.5. The second-order valence-electron chi connectivity index (χ2n) is 7.21. The molecular formula is C23H23N3O3S. The molecule has 4 rings (SSSR count). The number of carbonyl (C=O) groups excluding carboxylic acids is 2. The second-order valence-corrected chi connectivity index (χ2v) is 8.06. The molecular weight excluding hydrogens is 398 g/mol. The van der Waals surface area contributed by atoms with E-state index in [1.165, 1.54) is 11.3 Å². The van der Waals surface area contributed by atoms with Crippen LogP contribution in [0.4, 0.5) is 10.8 Å². The Labute approximate surface area is 179 Å². The second kappa shape index (κ2) is 8.28. The first-order valence-electron chi connectivity index (χ1n) is 9.89. The molecule has 0 saturated heterocycles. The van der Waals surface area contributed by atoms with Crippen LogP contribution in [0.1, 0.15) is 36.7 Å². The lowest BCUT2D eigenvalue weighted by Gasteiger charge is -2.20. The first-order valence-corrected chi connectivity index (χ1v) is 10.8. The molecule has 0 bridgehead atoms. The highest BCUT2D eigenvalue weighted by Crippen LogP contribution is 2.36. The van der Waals surface area contributed by atoms with Crippen LogP contribution in [0, 0.1) is 0 Å². The third-order valence-electron chi connectivity index (χ3n) is 5.09. The molecule has 0 fully saturated rings. The van der Waals surface area contributed by atoms with Gasteiger partial charge in [0.05, 0.1) is 17.9 Å². The van der Waals surface area contributed by atoms with E-state index in [1.54, 1.807) is 25.1 Å². The van der Waals surface area contributed by atoms with Crippen LogP contribution in [0.5, 0.6) is 5.75 Å². The highest BCUT2D eigenvalue weighted by Gasteiger charge is 2.29. The fourth-order valence-corrected chi connectivity index (χ4v) is 4.55. The minimum Gasteiger partial charge on any atom is -0.493 e. The average Bonchev–Trinajstić information content (AvgIpc) is 3.31. The van der Waals surface area contributed by atoms with Crippen LogP contribution < -0.4 is 15.0 Å². The zero-order valence-electron chi connectivity index (χ0n) is 17.1. The highest BCUT2D eigenvalue weighted by atomic mass is 32.1. The van der Waals surface area contributed by atoms with E-state index < -0.39 is 0 Å². The SMILES string of the molecule is CCOc1ccccc1C(=O)Nc1nc(-c2ccc3c(c2)CC(C)N3C(C)=O)cs1. The number of hydrogen-bond donors (Lipinski definition) is 1. The quantitative estimate of drug-likeness (QED) is 0.645. The van der Waals surface area contributed by atoms with Gasteiger partial charge in [0.2, 0.25) is 5.91 Å². The number of anilines is 2. The van der Waals surface area contributed by atoms with E-state index in [9.17, 15) is 9.59 Å². The Balaban J connectivity index is 1.54. The molecule has 30 heavy (non-hydrogen) atoms. The molecule has 0 radical (unpaired) electrons. The summed E-state index contributed by atoms with van der Waals surface area (Å²) in [6.07, 6.45) is 0.824. The summed E-state index contributed by atoms with van der Waals surface area (Å²) in [6, 6.07) is 13.3. The van der Waals surface area contributed by atoms with Gasteiger partial charge in [-0.3, -0.25) is 14.9 Å². The third-order valence-corrected chi connectivity index (χ3v) is 5.84. The highest BCUT2D eigenvalue weighted by molar-refractivity contribution is 7.14. The van der Waals surface area contributed by atoms with Gasteiger partial charge in [-0.2, -0.15) is 0 Å². The van der Waals surface area contributed by atoms with Gasteiger partial charge in [0, 0.05) is 29.6 Å². The Kier molecular flexibility index (Phi) is 5.55. The summed E-state index contributed by atoms with van der Waals surface area (Å²) in [4.78, 5) is 31.0. The van der Waals surface area contributed by atoms with E-state index in [0.29, 0.717) is 23.1 Å². The van der Waals surface area contributed by atoms with Crippen molar-refractivity contribution in [1.29, 1.82) is 0 Å². The maximum Gasteiger partial charge on any atom is 0.261 e. The molecule has 2 aromatic carbocycles. The molecule has 1 N–H and O–H groups in total. The monoisotopic (exact) mass is 421 g/mol. The van der Waals surface area contributed by atoms with E-state index in [-0.39, 0.29) is 17.9 Å². The molecule has 1 atom stereocenters. The van der Waals surface area contributed by atoms with Crippen LogP contribution in [0.25, 0.3) is 11.3 Å².